The fourth-order valence-electron chi connectivity index (χ4n) is 3.40. The molecule has 21 heavy (non-hydrogen) atoms. The van der Waals surface area contributed by atoms with Crippen LogP contribution in [0.15, 0.2) is 18.2 Å². The van der Waals surface area contributed by atoms with E-state index in [0.29, 0.717) is 22.7 Å². The third-order valence-electron chi connectivity index (χ3n) is 4.33. The molecule has 3 atom stereocenters. The van der Waals surface area contributed by atoms with Crippen LogP contribution in [0.3, 0.4) is 0 Å². The van der Waals surface area contributed by atoms with Crippen LogP contribution < -0.4 is 0 Å². The Kier molecular flexibility index (Phi) is 4.18. The summed E-state index contributed by atoms with van der Waals surface area (Å²) in [5.74, 6) is 0.962. The number of amides is 1. The van der Waals surface area contributed by atoms with E-state index < -0.39 is 0 Å². The number of nitrogens with zero attached hydrogens (tertiary/aromatic N) is 2. The second-order valence-electron chi connectivity index (χ2n) is 6.40. The zero-order valence-electron chi connectivity index (χ0n) is 12.5. The third-order valence-corrected chi connectivity index (χ3v) is 4.54. The quantitative estimate of drug-likeness (QED) is 0.803. The van der Waals surface area contributed by atoms with Gasteiger partial charge in [-0.15, -0.1) is 0 Å². The van der Waals surface area contributed by atoms with Gasteiger partial charge in [0.2, 0.25) is 0 Å². The lowest BCUT2D eigenvalue weighted by molar-refractivity contribution is 0.0130. The molecule has 1 aromatic heterocycles. The van der Waals surface area contributed by atoms with Crippen molar-refractivity contribution in [3.05, 3.63) is 29.0 Å². The molecule has 1 amide bonds. The van der Waals surface area contributed by atoms with E-state index in [1.54, 1.807) is 18.2 Å². The number of fused-ring (bicyclic) bond motifs is 2. The summed E-state index contributed by atoms with van der Waals surface area (Å²) in [6.07, 6.45) is 2.37. The first-order valence-electron chi connectivity index (χ1n) is 7.61. The molecule has 2 fully saturated rings. The van der Waals surface area contributed by atoms with E-state index in [0.717, 1.165) is 26.0 Å². The number of pyridine rings is 1. The van der Waals surface area contributed by atoms with E-state index in [2.05, 4.69) is 18.8 Å². The number of rotatable bonds is 4. The monoisotopic (exact) mass is 308 g/mol. The van der Waals surface area contributed by atoms with Crippen molar-refractivity contribution in [3.8, 4) is 0 Å². The van der Waals surface area contributed by atoms with Crippen molar-refractivity contribution in [2.24, 2.45) is 11.8 Å². The molecular formula is C16H21ClN2O2. The molecule has 1 aromatic rings. The van der Waals surface area contributed by atoms with E-state index in [-0.39, 0.29) is 18.1 Å². The van der Waals surface area contributed by atoms with Gasteiger partial charge in [0.1, 0.15) is 10.8 Å². The summed E-state index contributed by atoms with van der Waals surface area (Å²) in [6, 6.07) is 5.37. The minimum absolute atomic E-state index is 0.0251. The summed E-state index contributed by atoms with van der Waals surface area (Å²) in [5, 5.41) is 0.359. The molecule has 114 valence electrons. The smallest absolute Gasteiger partial charge is 0.272 e. The van der Waals surface area contributed by atoms with Crippen LogP contribution >= 0.6 is 11.6 Å². The summed E-state index contributed by atoms with van der Waals surface area (Å²) in [7, 11) is 0. The molecule has 3 unspecified atom stereocenters. The average molecular weight is 309 g/mol. The Balaban J connectivity index is 1.72. The number of halogens is 1. The Morgan fingerprint density at radius 3 is 3.00 bits per heavy atom. The average Bonchev–Trinajstić information content (AvgIpc) is 3.01. The van der Waals surface area contributed by atoms with E-state index >= 15 is 0 Å². The van der Waals surface area contributed by atoms with Gasteiger partial charge in [0, 0.05) is 19.1 Å². The molecule has 1 saturated carbocycles. The highest BCUT2D eigenvalue weighted by atomic mass is 35.5. The zero-order chi connectivity index (χ0) is 15.0. The van der Waals surface area contributed by atoms with Crippen molar-refractivity contribution in [1.82, 2.24) is 9.88 Å². The highest BCUT2D eigenvalue weighted by molar-refractivity contribution is 6.29. The van der Waals surface area contributed by atoms with E-state index in [1.807, 2.05) is 4.90 Å². The van der Waals surface area contributed by atoms with Crippen molar-refractivity contribution in [3.63, 3.8) is 0 Å². The van der Waals surface area contributed by atoms with Crippen LogP contribution in [0.4, 0.5) is 0 Å². The van der Waals surface area contributed by atoms with E-state index in [9.17, 15) is 4.79 Å². The van der Waals surface area contributed by atoms with Gasteiger partial charge in [-0.3, -0.25) is 4.79 Å². The minimum atomic E-state index is -0.0251. The summed E-state index contributed by atoms with van der Waals surface area (Å²) in [5.41, 5.74) is 0.428. The Morgan fingerprint density at radius 1 is 1.48 bits per heavy atom. The molecular weight excluding hydrogens is 288 g/mol. The second kappa shape index (κ2) is 5.93. The molecule has 0 N–H and O–H groups in total. The fourth-order valence-corrected chi connectivity index (χ4v) is 3.57. The van der Waals surface area contributed by atoms with Crippen LogP contribution in [-0.2, 0) is 4.74 Å². The summed E-state index contributed by atoms with van der Waals surface area (Å²) in [4.78, 5) is 18.7. The Bertz CT molecular complexity index is 535. The Labute approximate surface area is 130 Å². The third kappa shape index (κ3) is 2.92. The van der Waals surface area contributed by atoms with Crippen molar-refractivity contribution >= 4 is 17.5 Å². The number of ether oxygens (including phenoxy) is 1. The highest BCUT2D eigenvalue weighted by Gasteiger charge is 2.49. The SMILES string of the molecule is CC(C)COC1C2CCC1N(C(=O)c1cccc(Cl)n1)C2. The first-order valence-corrected chi connectivity index (χ1v) is 7.99. The van der Waals surface area contributed by atoms with Crippen LogP contribution in [0.1, 0.15) is 37.2 Å². The molecule has 0 spiro atoms. The van der Waals surface area contributed by atoms with E-state index in [1.165, 1.54) is 0 Å². The van der Waals surface area contributed by atoms with Crippen molar-refractivity contribution in [2.75, 3.05) is 13.2 Å². The van der Waals surface area contributed by atoms with Crippen molar-refractivity contribution < 1.29 is 9.53 Å². The number of aromatic nitrogens is 1. The van der Waals surface area contributed by atoms with E-state index in [4.69, 9.17) is 16.3 Å². The lowest BCUT2D eigenvalue weighted by Gasteiger charge is -2.27. The predicted octanol–water partition coefficient (Wildman–Crippen LogP) is 3.01. The number of hydrogen-bond acceptors (Lipinski definition) is 3. The van der Waals surface area contributed by atoms with Gasteiger partial charge in [-0.1, -0.05) is 31.5 Å². The molecule has 1 aliphatic heterocycles. The molecule has 1 saturated heterocycles. The standard InChI is InChI=1S/C16H21ClN2O2/c1-10(2)9-21-15-11-6-7-13(15)19(8-11)16(20)12-4-3-5-14(17)18-12/h3-5,10-11,13,15H,6-9H2,1-2H3. The molecule has 0 aromatic carbocycles. The van der Waals surface area contributed by atoms with Gasteiger partial charge < -0.3 is 9.64 Å². The summed E-state index contributed by atoms with van der Waals surface area (Å²) in [6.45, 7) is 5.83. The highest BCUT2D eigenvalue weighted by Crippen LogP contribution is 2.40. The molecule has 2 heterocycles. The zero-order valence-corrected chi connectivity index (χ0v) is 13.2. The summed E-state index contributed by atoms with van der Waals surface area (Å²) >= 11 is 5.88. The first-order chi connectivity index (χ1) is 10.1. The van der Waals surface area contributed by atoms with Crippen molar-refractivity contribution in [1.29, 1.82) is 0 Å². The number of piperidine rings is 1. The van der Waals surface area contributed by atoms with Crippen molar-refractivity contribution in [2.45, 2.75) is 38.8 Å². The Morgan fingerprint density at radius 2 is 2.29 bits per heavy atom. The topological polar surface area (TPSA) is 42.4 Å². The van der Waals surface area contributed by atoms with Gasteiger partial charge in [0.25, 0.3) is 5.91 Å². The maximum atomic E-state index is 12.6. The molecule has 3 rings (SSSR count). The normalized spacial score (nSPS) is 27.6. The molecule has 1 aliphatic carbocycles. The van der Waals surface area contributed by atoms with Gasteiger partial charge in [-0.2, -0.15) is 0 Å². The van der Waals surface area contributed by atoms with Crippen LogP contribution in [-0.4, -0.2) is 41.1 Å². The molecule has 5 heteroatoms. The van der Waals surface area contributed by atoms with Gasteiger partial charge in [0.15, 0.2) is 0 Å². The number of hydrogen-bond donors (Lipinski definition) is 0. The largest absolute Gasteiger partial charge is 0.375 e. The molecule has 0 radical (unpaired) electrons. The van der Waals surface area contributed by atoms with Gasteiger partial charge >= 0.3 is 0 Å². The predicted molar refractivity (Wildman–Crippen MR) is 81.4 cm³/mol. The molecule has 2 aliphatic rings. The molecule has 2 bridgehead atoms. The van der Waals surface area contributed by atoms with Gasteiger partial charge in [0.05, 0.1) is 12.1 Å². The fraction of sp³-hybridized carbons (Fsp3) is 0.625. The first kappa shape index (κ1) is 14.8. The van der Waals surface area contributed by atoms with Gasteiger partial charge in [-0.25, -0.2) is 4.98 Å². The maximum absolute atomic E-state index is 12.6. The number of carbonyl (C=O) groups is 1. The van der Waals surface area contributed by atoms with Crippen LogP contribution in [0, 0.1) is 11.8 Å². The minimum Gasteiger partial charge on any atom is -0.375 e. The van der Waals surface area contributed by atoms with Crippen LogP contribution in [0.2, 0.25) is 5.15 Å². The second-order valence-corrected chi connectivity index (χ2v) is 6.79. The number of carbonyl (C=O) groups excluding carboxylic acids is 1. The Hall–Kier alpha value is -1.13. The number of likely N-dealkylation sites (tertiary alicyclic amines) is 1. The maximum Gasteiger partial charge on any atom is 0.272 e. The lowest BCUT2D eigenvalue weighted by Crippen LogP contribution is -2.40. The van der Waals surface area contributed by atoms with Gasteiger partial charge in [-0.05, 0) is 30.9 Å². The summed E-state index contributed by atoms with van der Waals surface area (Å²) < 4.78 is 6.05. The molecule has 4 nitrogen and oxygen atoms in total. The van der Waals surface area contributed by atoms with Crippen LogP contribution in [0.5, 0.6) is 0 Å². The lowest BCUT2D eigenvalue weighted by atomic mass is 10.1. The van der Waals surface area contributed by atoms with Crippen LogP contribution in [0.25, 0.3) is 0 Å².